The van der Waals surface area contributed by atoms with Crippen molar-refractivity contribution < 1.29 is 76.1 Å². The van der Waals surface area contributed by atoms with Gasteiger partial charge in [0.15, 0.2) is 12.3 Å². The number of aliphatic hydroxyl groups is 2. The molecule has 3 rings (SSSR count). The van der Waals surface area contributed by atoms with E-state index in [1.165, 1.54) is 0 Å². The van der Waals surface area contributed by atoms with Gasteiger partial charge in [-0.05, 0) is 30.3 Å². The van der Waals surface area contributed by atoms with Crippen molar-refractivity contribution in [2.45, 2.75) is 43.2 Å². The van der Waals surface area contributed by atoms with E-state index in [2.05, 4.69) is 5.10 Å². The van der Waals surface area contributed by atoms with Gasteiger partial charge >= 0.3 is 30.9 Å². The van der Waals surface area contributed by atoms with Gasteiger partial charge in [0.05, 0.1) is 39.6 Å². The molecule has 19 heteroatoms. The molecule has 3 unspecified atom stereocenters. The summed E-state index contributed by atoms with van der Waals surface area (Å²) in [6.07, 6.45) is -34.9. The van der Waals surface area contributed by atoms with Crippen LogP contribution in [0.5, 0.6) is 0 Å². The van der Waals surface area contributed by atoms with E-state index >= 15 is 0 Å². The van der Waals surface area contributed by atoms with Crippen LogP contribution in [0.1, 0.15) is 27.8 Å². The molecule has 1 aliphatic rings. The first-order valence-corrected chi connectivity index (χ1v) is 10.2. The summed E-state index contributed by atoms with van der Waals surface area (Å²) in [5.41, 5.74) is -13.2. The molecule has 222 valence electrons. The normalized spacial score (nSPS) is 20.1. The van der Waals surface area contributed by atoms with Crippen molar-refractivity contribution in [3.63, 3.8) is 0 Å². The molecule has 2 aromatic carbocycles. The summed E-state index contributed by atoms with van der Waals surface area (Å²) >= 11 is 0. The van der Waals surface area contributed by atoms with E-state index in [1.54, 1.807) is 0 Å². The molecular weight excluding hydrogens is 597 g/mol. The van der Waals surface area contributed by atoms with Gasteiger partial charge in [0, 0.05) is 5.56 Å². The zero-order chi connectivity index (χ0) is 30.8. The van der Waals surface area contributed by atoms with E-state index < -0.39 is 105 Å². The molecule has 0 spiro atoms. The second-order valence-corrected chi connectivity index (χ2v) is 8.24. The molecule has 0 aromatic heterocycles. The maximum Gasteiger partial charge on any atom is 0.418 e. The van der Waals surface area contributed by atoms with Gasteiger partial charge in [0.1, 0.15) is 0 Å². The van der Waals surface area contributed by atoms with Crippen LogP contribution < -0.4 is 5.01 Å². The third kappa shape index (κ3) is 6.08. The number of benzene rings is 2. The van der Waals surface area contributed by atoms with Crippen LogP contribution in [0, 0.1) is 5.92 Å². The van der Waals surface area contributed by atoms with Gasteiger partial charge in [-0.2, -0.15) is 71.0 Å². The lowest BCUT2D eigenvalue weighted by Crippen LogP contribution is -2.47. The lowest BCUT2D eigenvalue weighted by Gasteiger charge is -2.29. The first-order chi connectivity index (χ1) is 17.8. The highest BCUT2D eigenvalue weighted by molar-refractivity contribution is 6.06. The summed E-state index contributed by atoms with van der Waals surface area (Å²) in [6, 6.07) is -1.09. The van der Waals surface area contributed by atoms with Crippen molar-refractivity contribution in [3.8, 4) is 0 Å². The molecule has 0 fully saturated rings. The number of hydrogen-bond acceptors (Lipinski definition) is 4. The van der Waals surface area contributed by atoms with E-state index in [9.17, 15) is 76.1 Å². The lowest BCUT2D eigenvalue weighted by atomic mass is 9.87. The van der Waals surface area contributed by atoms with Crippen LogP contribution in [0.2, 0.25) is 0 Å². The smallest absolute Gasteiger partial charge is 0.383 e. The average Bonchev–Trinajstić information content (AvgIpc) is 3.11. The van der Waals surface area contributed by atoms with Crippen molar-refractivity contribution in [1.82, 2.24) is 0 Å². The SMILES string of the molecule is OC1C(C(O)C(F)(F)F)C(c2ccc(C(F)(F)F)cc2C(F)(F)F)=NN1c1ccc(C(F)(F)F)cc1C(F)(F)F. The first-order valence-electron chi connectivity index (χ1n) is 10.2. The van der Waals surface area contributed by atoms with Crippen LogP contribution >= 0.6 is 0 Å². The number of anilines is 1. The van der Waals surface area contributed by atoms with Crippen LogP contribution in [0.3, 0.4) is 0 Å². The quantitative estimate of drug-likeness (QED) is 0.376. The van der Waals surface area contributed by atoms with E-state index in [0.717, 1.165) is 0 Å². The number of nitrogens with zero attached hydrogens (tertiary/aromatic N) is 2. The second kappa shape index (κ2) is 9.71. The maximum atomic E-state index is 13.7. The molecule has 0 amide bonds. The Morgan fingerprint density at radius 2 is 1.10 bits per heavy atom. The van der Waals surface area contributed by atoms with Gasteiger partial charge in [-0.25, -0.2) is 5.01 Å². The number of halogens is 15. The molecule has 3 atom stereocenters. The predicted octanol–water partition coefficient (Wildman–Crippen LogP) is 6.84. The van der Waals surface area contributed by atoms with Crippen LogP contribution in [-0.4, -0.2) is 34.4 Å². The Morgan fingerprint density at radius 1 is 0.650 bits per heavy atom. The third-order valence-corrected chi connectivity index (χ3v) is 5.58. The first kappa shape index (κ1) is 31.3. The Bertz CT molecular complexity index is 1290. The Kier molecular flexibility index (Phi) is 7.60. The van der Waals surface area contributed by atoms with E-state index in [0.29, 0.717) is 0 Å². The second-order valence-electron chi connectivity index (χ2n) is 8.24. The topological polar surface area (TPSA) is 56.1 Å². The fraction of sp³-hybridized carbons (Fsp3) is 0.381. The summed E-state index contributed by atoms with van der Waals surface area (Å²) in [5.74, 6) is -3.07. The van der Waals surface area contributed by atoms with Crippen molar-refractivity contribution in [2.75, 3.05) is 5.01 Å². The summed E-state index contributed by atoms with van der Waals surface area (Å²) in [6.45, 7) is 0. The number of hydrazone groups is 1. The minimum atomic E-state index is -5.78. The highest BCUT2D eigenvalue weighted by Crippen LogP contribution is 2.46. The van der Waals surface area contributed by atoms with E-state index in [1.807, 2.05) is 0 Å². The minimum absolute atomic E-state index is 0.000726. The summed E-state index contributed by atoms with van der Waals surface area (Å²) in [5, 5.41) is 23.0. The molecule has 0 bridgehead atoms. The van der Waals surface area contributed by atoms with Gasteiger partial charge in [-0.3, -0.25) is 0 Å². The Morgan fingerprint density at radius 3 is 1.52 bits per heavy atom. The molecule has 1 heterocycles. The zero-order valence-electron chi connectivity index (χ0n) is 18.7. The predicted molar refractivity (Wildman–Crippen MR) is 103 cm³/mol. The van der Waals surface area contributed by atoms with Crippen molar-refractivity contribution in [3.05, 3.63) is 64.2 Å². The van der Waals surface area contributed by atoms with Crippen molar-refractivity contribution in [2.24, 2.45) is 11.0 Å². The van der Waals surface area contributed by atoms with Crippen LogP contribution in [0.15, 0.2) is 41.5 Å². The highest BCUT2D eigenvalue weighted by atomic mass is 19.4. The van der Waals surface area contributed by atoms with Gasteiger partial charge in [-0.15, -0.1) is 0 Å². The summed E-state index contributed by atoms with van der Waals surface area (Å²) < 4.78 is 200. The molecular formula is C21H11F15N2O2. The molecule has 0 saturated carbocycles. The maximum absolute atomic E-state index is 13.7. The number of rotatable bonds is 3. The molecule has 40 heavy (non-hydrogen) atoms. The molecule has 0 saturated heterocycles. The summed E-state index contributed by atoms with van der Waals surface area (Å²) in [4.78, 5) is 0. The van der Waals surface area contributed by atoms with Gasteiger partial charge < -0.3 is 10.2 Å². The van der Waals surface area contributed by atoms with Crippen molar-refractivity contribution in [1.29, 1.82) is 0 Å². The Balaban J connectivity index is 2.34. The highest BCUT2D eigenvalue weighted by Gasteiger charge is 2.55. The molecule has 2 aromatic rings. The van der Waals surface area contributed by atoms with E-state index in [-0.39, 0.29) is 24.3 Å². The molecule has 1 aliphatic heterocycles. The monoisotopic (exact) mass is 608 g/mol. The van der Waals surface area contributed by atoms with Crippen LogP contribution in [0.4, 0.5) is 71.5 Å². The lowest BCUT2D eigenvalue weighted by molar-refractivity contribution is -0.219. The van der Waals surface area contributed by atoms with Gasteiger partial charge in [0.25, 0.3) is 0 Å². The number of aliphatic hydroxyl groups excluding tert-OH is 2. The fourth-order valence-electron chi connectivity index (χ4n) is 3.80. The van der Waals surface area contributed by atoms with Crippen LogP contribution in [0.25, 0.3) is 0 Å². The zero-order valence-corrected chi connectivity index (χ0v) is 18.7. The number of alkyl halides is 15. The minimum Gasteiger partial charge on any atom is -0.383 e. The fourth-order valence-corrected chi connectivity index (χ4v) is 3.80. The van der Waals surface area contributed by atoms with Crippen molar-refractivity contribution >= 4 is 11.4 Å². The largest absolute Gasteiger partial charge is 0.418 e. The third-order valence-electron chi connectivity index (χ3n) is 5.58. The molecule has 0 aliphatic carbocycles. The van der Waals surface area contributed by atoms with Gasteiger partial charge in [0.2, 0.25) is 0 Å². The van der Waals surface area contributed by atoms with Crippen LogP contribution in [-0.2, 0) is 24.7 Å². The number of hydrogen-bond donors (Lipinski definition) is 2. The Labute approximate surface area is 211 Å². The summed E-state index contributed by atoms with van der Waals surface area (Å²) in [7, 11) is 0. The molecule has 0 radical (unpaired) electrons. The molecule has 2 N–H and O–H groups in total. The van der Waals surface area contributed by atoms with Gasteiger partial charge in [-0.1, -0.05) is 6.07 Å². The average molecular weight is 608 g/mol. The molecule has 4 nitrogen and oxygen atoms in total. The standard InChI is InChI=1S/C21H11F15N2O2/c22-17(23,24)7-1-3-9(10(5-7)19(28,29)30)14-13(15(39)21(34,35)36)16(40)38(37-14)12-4-2-8(18(25,26)27)6-11(12)20(31,32)33/h1-6,13,15-16,39-40H. The Hall–Kier alpha value is -3.22. The van der Waals surface area contributed by atoms with E-state index in [4.69, 9.17) is 0 Å².